The van der Waals surface area contributed by atoms with Gasteiger partial charge in [0.15, 0.2) is 0 Å². The number of amides is 1. The summed E-state index contributed by atoms with van der Waals surface area (Å²) in [7, 11) is 2.12. The molecule has 0 spiro atoms. The fourth-order valence-corrected chi connectivity index (χ4v) is 2.35. The van der Waals surface area contributed by atoms with Crippen LogP contribution in [0.3, 0.4) is 0 Å². The predicted molar refractivity (Wildman–Crippen MR) is 66.9 cm³/mol. The van der Waals surface area contributed by atoms with Crippen molar-refractivity contribution in [2.75, 3.05) is 46.3 Å². The molecule has 0 unspecified atom stereocenters. The van der Waals surface area contributed by atoms with Crippen molar-refractivity contribution in [3.8, 4) is 0 Å². The Kier molecular flexibility index (Phi) is 5.52. The molecule has 2 fully saturated rings. The Morgan fingerprint density at radius 3 is 2.50 bits per heavy atom. The maximum absolute atomic E-state index is 12.1. The van der Waals surface area contributed by atoms with E-state index in [1.54, 1.807) is 0 Å². The van der Waals surface area contributed by atoms with E-state index in [-0.39, 0.29) is 18.3 Å². The standard InChI is InChI=1S/C11H21N3O.ClH/c1-13-5-7-14(8-6-13)11(15)10-3-2-4-12-9-10;/h10,12H,2-9H2,1H3;1H/t10-;/m1./s1. The van der Waals surface area contributed by atoms with Crippen LogP contribution in [0.25, 0.3) is 0 Å². The number of carbonyl (C=O) groups excluding carboxylic acids is 1. The quantitative estimate of drug-likeness (QED) is 0.718. The third kappa shape index (κ3) is 3.34. The van der Waals surface area contributed by atoms with E-state index < -0.39 is 0 Å². The molecule has 1 atom stereocenters. The summed E-state index contributed by atoms with van der Waals surface area (Å²) < 4.78 is 0. The lowest BCUT2D eigenvalue weighted by molar-refractivity contribution is -0.137. The van der Waals surface area contributed by atoms with E-state index in [1.807, 2.05) is 4.90 Å². The highest BCUT2D eigenvalue weighted by Crippen LogP contribution is 2.14. The number of hydrogen-bond acceptors (Lipinski definition) is 3. The lowest BCUT2D eigenvalue weighted by Crippen LogP contribution is -2.51. The highest BCUT2D eigenvalue weighted by Gasteiger charge is 2.27. The zero-order chi connectivity index (χ0) is 10.7. The van der Waals surface area contributed by atoms with Crippen molar-refractivity contribution in [2.45, 2.75) is 12.8 Å². The molecule has 2 rings (SSSR count). The molecule has 2 aliphatic rings. The molecule has 0 saturated carbocycles. The summed E-state index contributed by atoms with van der Waals surface area (Å²) in [6.07, 6.45) is 2.21. The van der Waals surface area contributed by atoms with E-state index in [9.17, 15) is 4.79 Å². The van der Waals surface area contributed by atoms with Crippen molar-refractivity contribution in [3.05, 3.63) is 0 Å². The van der Waals surface area contributed by atoms with Crippen LogP contribution in [0.4, 0.5) is 0 Å². The summed E-state index contributed by atoms with van der Waals surface area (Å²) in [5, 5.41) is 3.31. The number of likely N-dealkylation sites (N-methyl/N-ethyl adjacent to an activating group) is 1. The highest BCUT2D eigenvalue weighted by molar-refractivity contribution is 5.85. The van der Waals surface area contributed by atoms with Crippen LogP contribution in [0.15, 0.2) is 0 Å². The fourth-order valence-electron chi connectivity index (χ4n) is 2.35. The largest absolute Gasteiger partial charge is 0.340 e. The van der Waals surface area contributed by atoms with Crippen molar-refractivity contribution >= 4 is 18.3 Å². The number of hydrogen-bond donors (Lipinski definition) is 1. The first-order chi connectivity index (χ1) is 7.27. The summed E-state index contributed by atoms with van der Waals surface area (Å²) in [6, 6.07) is 0. The Bertz CT molecular complexity index is 223. The van der Waals surface area contributed by atoms with E-state index in [1.165, 1.54) is 0 Å². The van der Waals surface area contributed by atoms with Gasteiger partial charge >= 0.3 is 0 Å². The van der Waals surface area contributed by atoms with Crippen molar-refractivity contribution in [1.29, 1.82) is 0 Å². The number of rotatable bonds is 1. The molecule has 0 bridgehead atoms. The molecular formula is C11H22ClN3O. The first-order valence-corrected chi connectivity index (χ1v) is 5.95. The summed E-state index contributed by atoms with van der Waals surface area (Å²) in [4.78, 5) is 16.4. The maximum atomic E-state index is 12.1. The second kappa shape index (κ2) is 6.42. The van der Waals surface area contributed by atoms with Gasteiger partial charge in [0.05, 0.1) is 5.92 Å². The molecule has 0 aliphatic carbocycles. The number of nitrogens with zero attached hydrogens (tertiary/aromatic N) is 2. The van der Waals surface area contributed by atoms with E-state index >= 15 is 0 Å². The zero-order valence-electron chi connectivity index (χ0n) is 9.95. The Balaban J connectivity index is 0.00000128. The number of carbonyl (C=O) groups is 1. The van der Waals surface area contributed by atoms with Crippen molar-refractivity contribution in [2.24, 2.45) is 5.92 Å². The minimum absolute atomic E-state index is 0. The topological polar surface area (TPSA) is 35.6 Å². The molecule has 1 amide bonds. The Morgan fingerprint density at radius 2 is 1.94 bits per heavy atom. The van der Waals surface area contributed by atoms with E-state index in [4.69, 9.17) is 0 Å². The van der Waals surface area contributed by atoms with Gasteiger partial charge < -0.3 is 15.1 Å². The second-order valence-corrected chi connectivity index (χ2v) is 4.67. The molecule has 1 N–H and O–H groups in total. The van der Waals surface area contributed by atoms with E-state index in [2.05, 4.69) is 17.3 Å². The number of halogens is 1. The number of piperidine rings is 1. The van der Waals surface area contributed by atoms with Crippen LogP contribution in [0.1, 0.15) is 12.8 Å². The van der Waals surface area contributed by atoms with Crippen LogP contribution >= 0.6 is 12.4 Å². The smallest absolute Gasteiger partial charge is 0.227 e. The number of piperazine rings is 1. The molecule has 94 valence electrons. The van der Waals surface area contributed by atoms with Crippen molar-refractivity contribution in [3.63, 3.8) is 0 Å². The Labute approximate surface area is 104 Å². The van der Waals surface area contributed by atoms with E-state index in [0.29, 0.717) is 5.91 Å². The minimum Gasteiger partial charge on any atom is -0.340 e. The maximum Gasteiger partial charge on any atom is 0.227 e. The molecule has 2 saturated heterocycles. The van der Waals surface area contributed by atoms with Gasteiger partial charge in [-0.1, -0.05) is 0 Å². The molecule has 2 heterocycles. The fraction of sp³-hybridized carbons (Fsp3) is 0.909. The summed E-state index contributed by atoms with van der Waals surface area (Å²) in [5.41, 5.74) is 0. The average molecular weight is 248 g/mol. The van der Waals surface area contributed by atoms with Crippen LogP contribution in [0, 0.1) is 5.92 Å². The van der Waals surface area contributed by atoms with Crippen LogP contribution in [0.2, 0.25) is 0 Å². The third-order valence-electron chi connectivity index (χ3n) is 3.46. The Hall–Kier alpha value is -0.320. The van der Waals surface area contributed by atoms with Gasteiger partial charge in [0.25, 0.3) is 0 Å². The van der Waals surface area contributed by atoms with Crippen LogP contribution in [0.5, 0.6) is 0 Å². The summed E-state index contributed by atoms with van der Waals surface area (Å²) >= 11 is 0. The van der Waals surface area contributed by atoms with Gasteiger partial charge in [-0.3, -0.25) is 4.79 Å². The summed E-state index contributed by atoms with van der Waals surface area (Å²) in [6.45, 7) is 5.81. The van der Waals surface area contributed by atoms with Crippen molar-refractivity contribution in [1.82, 2.24) is 15.1 Å². The van der Waals surface area contributed by atoms with Crippen molar-refractivity contribution < 1.29 is 4.79 Å². The molecule has 4 nitrogen and oxygen atoms in total. The van der Waals surface area contributed by atoms with Crippen LogP contribution in [-0.4, -0.2) is 62.0 Å². The molecule has 0 aromatic heterocycles. The van der Waals surface area contributed by atoms with Gasteiger partial charge in [-0.15, -0.1) is 12.4 Å². The number of nitrogens with one attached hydrogen (secondary N) is 1. The normalized spacial score (nSPS) is 27.3. The molecule has 0 aromatic carbocycles. The molecule has 0 radical (unpaired) electrons. The van der Waals surface area contributed by atoms with Gasteiger partial charge in [-0.25, -0.2) is 0 Å². The predicted octanol–water partition coefficient (Wildman–Crippen LogP) is 0.182. The second-order valence-electron chi connectivity index (χ2n) is 4.67. The molecule has 5 heteroatoms. The average Bonchev–Trinajstić information content (AvgIpc) is 2.30. The SMILES string of the molecule is CN1CCN(C(=O)[C@@H]2CCCNC2)CC1.Cl. The summed E-state index contributed by atoms with van der Waals surface area (Å²) in [5.74, 6) is 0.609. The molecule has 0 aromatic rings. The molecule has 2 aliphatic heterocycles. The van der Waals surface area contributed by atoms with Crippen LogP contribution < -0.4 is 5.32 Å². The monoisotopic (exact) mass is 247 g/mol. The first kappa shape index (κ1) is 13.7. The highest BCUT2D eigenvalue weighted by atomic mass is 35.5. The minimum atomic E-state index is 0. The lowest BCUT2D eigenvalue weighted by Gasteiger charge is -2.35. The lowest BCUT2D eigenvalue weighted by atomic mass is 9.98. The van der Waals surface area contributed by atoms with Crippen LogP contribution in [-0.2, 0) is 4.79 Å². The van der Waals surface area contributed by atoms with Gasteiger partial charge in [-0.2, -0.15) is 0 Å². The first-order valence-electron chi connectivity index (χ1n) is 5.95. The van der Waals surface area contributed by atoms with E-state index in [0.717, 1.165) is 52.1 Å². The molecule has 16 heavy (non-hydrogen) atoms. The van der Waals surface area contributed by atoms with Gasteiger partial charge in [0.2, 0.25) is 5.91 Å². The zero-order valence-corrected chi connectivity index (χ0v) is 10.8. The van der Waals surface area contributed by atoms with Gasteiger partial charge in [0, 0.05) is 32.7 Å². The third-order valence-corrected chi connectivity index (χ3v) is 3.46. The van der Waals surface area contributed by atoms with Gasteiger partial charge in [-0.05, 0) is 26.4 Å². The van der Waals surface area contributed by atoms with Gasteiger partial charge in [0.1, 0.15) is 0 Å². The Morgan fingerprint density at radius 1 is 1.25 bits per heavy atom. The molecular weight excluding hydrogens is 226 g/mol.